The van der Waals surface area contributed by atoms with Crippen molar-refractivity contribution in [1.29, 1.82) is 0 Å². The number of aromatic nitrogens is 6. The molecular weight excluding hydrogens is 382 g/mol. The summed E-state index contributed by atoms with van der Waals surface area (Å²) in [6, 6.07) is 8.70. The van der Waals surface area contributed by atoms with Crippen LogP contribution in [0.3, 0.4) is 0 Å². The van der Waals surface area contributed by atoms with Crippen molar-refractivity contribution in [3.8, 4) is 11.3 Å². The molecule has 3 aromatic heterocycles. The second kappa shape index (κ2) is 7.64. The van der Waals surface area contributed by atoms with E-state index in [-0.39, 0.29) is 11.4 Å². The van der Waals surface area contributed by atoms with Crippen LogP contribution in [0.2, 0.25) is 0 Å². The van der Waals surface area contributed by atoms with Crippen molar-refractivity contribution in [2.45, 2.75) is 6.42 Å². The van der Waals surface area contributed by atoms with Crippen molar-refractivity contribution in [1.82, 2.24) is 35.4 Å². The first-order chi connectivity index (χ1) is 14.0. The Kier molecular flexibility index (Phi) is 4.87. The SMILES string of the molecule is Cn1cc(-c2cnc(N(C(=O)Cc3ccc4ncccc4c3)N(F)F)nn2)cn1. The molecule has 0 spiro atoms. The highest BCUT2D eigenvalue weighted by atomic mass is 19.4. The van der Waals surface area contributed by atoms with Crippen LogP contribution in [0.1, 0.15) is 5.56 Å². The number of halogens is 2. The highest BCUT2D eigenvalue weighted by Crippen LogP contribution is 2.19. The van der Waals surface area contributed by atoms with E-state index in [0.29, 0.717) is 16.8 Å². The predicted molar refractivity (Wildman–Crippen MR) is 99.0 cm³/mol. The molecule has 11 heteroatoms. The van der Waals surface area contributed by atoms with Gasteiger partial charge in [-0.15, -0.1) is 15.2 Å². The molecule has 0 atom stereocenters. The molecule has 9 nitrogen and oxygen atoms in total. The molecule has 3 heterocycles. The third-order valence-corrected chi connectivity index (χ3v) is 4.15. The van der Waals surface area contributed by atoms with Gasteiger partial charge in [-0.3, -0.25) is 14.5 Å². The Morgan fingerprint density at radius 3 is 2.69 bits per heavy atom. The van der Waals surface area contributed by atoms with Gasteiger partial charge in [-0.25, -0.2) is 4.98 Å². The molecule has 0 aliphatic carbocycles. The molecule has 0 fully saturated rings. The summed E-state index contributed by atoms with van der Waals surface area (Å²) in [6.07, 6.45) is 5.85. The molecule has 4 aromatic rings. The van der Waals surface area contributed by atoms with Crippen LogP contribution in [-0.4, -0.2) is 41.3 Å². The second-order valence-electron chi connectivity index (χ2n) is 6.17. The van der Waals surface area contributed by atoms with Gasteiger partial charge in [0, 0.05) is 30.4 Å². The highest BCUT2D eigenvalue weighted by Gasteiger charge is 2.27. The lowest BCUT2D eigenvalue weighted by Gasteiger charge is -2.18. The summed E-state index contributed by atoms with van der Waals surface area (Å²) in [4.78, 5) is 20.6. The number of hydrogen-bond acceptors (Lipinski definition) is 7. The van der Waals surface area contributed by atoms with Crippen LogP contribution in [0, 0.1) is 0 Å². The summed E-state index contributed by atoms with van der Waals surface area (Å²) in [5.41, 5.74) is 0.921. The molecule has 0 unspecified atom stereocenters. The summed E-state index contributed by atoms with van der Waals surface area (Å²) in [6.45, 7) is 0. The standard InChI is InChI=1S/C18H14F2N8O/c1-26-11-14(9-23-26)16-10-22-18(25-24-16)27(28(19)20)17(29)8-12-4-5-15-13(7-12)3-2-6-21-15/h2-7,9-11H,8H2,1H3. The van der Waals surface area contributed by atoms with E-state index >= 15 is 0 Å². The molecule has 0 saturated carbocycles. The van der Waals surface area contributed by atoms with E-state index in [1.165, 1.54) is 6.20 Å². The first-order valence-corrected chi connectivity index (χ1v) is 8.48. The fourth-order valence-electron chi connectivity index (χ4n) is 2.80. The van der Waals surface area contributed by atoms with Gasteiger partial charge < -0.3 is 0 Å². The number of carbonyl (C=O) groups excluding carboxylic acids is 1. The topological polar surface area (TPSA) is 92.9 Å². The molecule has 29 heavy (non-hydrogen) atoms. The lowest BCUT2D eigenvalue weighted by atomic mass is 10.1. The average molecular weight is 396 g/mol. The number of aryl methyl sites for hydroxylation is 1. The largest absolute Gasteiger partial charge is 0.275 e. The maximum Gasteiger partial charge on any atom is 0.271 e. The van der Waals surface area contributed by atoms with Crippen LogP contribution in [0.15, 0.2) is 55.1 Å². The van der Waals surface area contributed by atoms with Crippen LogP contribution in [0.5, 0.6) is 0 Å². The van der Waals surface area contributed by atoms with E-state index < -0.39 is 17.3 Å². The first-order valence-electron chi connectivity index (χ1n) is 8.48. The molecule has 0 bridgehead atoms. The Hall–Kier alpha value is -3.86. The summed E-state index contributed by atoms with van der Waals surface area (Å²) in [5.74, 6) is -1.44. The van der Waals surface area contributed by atoms with Gasteiger partial charge >= 0.3 is 0 Å². The summed E-state index contributed by atoms with van der Waals surface area (Å²) < 4.78 is 28.4. The number of hydrogen-bond donors (Lipinski definition) is 0. The zero-order valence-electron chi connectivity index (χ0n) is 15.1. The van der Waals surface area contributed by atoms with Gasteiger partial charge in [0.2, 0.25) is 0 Å². The predicted octanol–water partition coefficient (Wildman–Crippen LogP) is 2.38. The van der Waals surface area contributed by atoms with Crippen LogP contribution < -0.4 is 5.01 Å². The Morgan fingerprint density at radius 1 is 1.14 bits per heavy atom. The van der Waals surface area contributed by atoms with Gasteiger partial charge in [-0.05, 0) is 23.8 Å². The number of rotatable bonds is 5. The van der Waals surface area contributed by atoms with Gasteiger partial charge in [0.15, 0.2) is 0 Å². The highest BCUT2D eigenvalue weighted by molar-refractivity contribution is 5.92. The van der Waals surface area contributed by atoms with E-state index in [9.17, 15) is 13.8 Å². The quantitative estimate of drug-likeness (QED) is 0.378. The van der Waals surface area contributed by atoms with Crippen LogP contribution in [0.25, 0.3) is 22.2 Å². The Bertz CT molecular complexity index is 1160. The monoisotopic (exact) mass is 396 g/mol. The number of nitrogens with zero attached hydrogens (tertiary/aromatic N) is 8. The molecule has 4 rings (SSSR count). The number of hydrazine groups is 1. The molecule has 146 valence electrons. The Balaban J connectivity index is 1.56. The Morgan fingerprint density at radius 2 is 2.00 bits per heavy atom. The average Bonchev–Trinajstić information content (AvgIpc) is 3.14. The minimum Gasteiger partial charge on any atom is -0.275 e. The summed E-state index contributed by atoms with van der Waals surface area (Å²) in [7, 11) is 1.73. The van der Waals surface area contributed by atoms with E-state index in [2.05, 4.69) is 25.3 Å². The van der Waals surface area contributed by atoms with Crippen LogP contribution >= 0.6 is 0 Å². The van der Waals surface area contributed by atoms with Crippen molar-refractivity contribution in [3.05, 3.63) is 60.7 Å². The zero-order chi connectivity index (χ0) is 20.4. The maximum absolute atomic E-state index is 13.4. The number of benzene rings is 1. The molecule has 0 radical (unpaired) electrons. The van der Waals surface area contributed by atoms with Gasteiger partial charge in [0.1, 0.15) is 11.1 Å². The van der Waals surface area contributed by atoms with Gasteiger partial charge in [0.05, 0.1) is 24.3 Å². The van der Waals surface area contributed by atoms with E-state index in [0.717, 1.165) is 10.9 Å². The van der Waals surface area contributed by atoms with Crippen molar-refractivity contribution in [3.63, 3.8) is 0 Å². The molecular formula is C18H14F2N8O. The molecule has 0 N–H and O–H groups in total. The molecule has 0 saturated heterocycles. The second-order valence-corrected chi connectivity index (χ2v) is 6.17. The van der Waals surface area contributed by atoms with Crippen molar-refractivity contribution >= 4 is 22.8 Å². The smallest absolute Gasteiger partial charge is 0.271 e. The molecule has 0 aliphatic rings. The number of carbonyl (C=O) groups is 1. The number of amides is 1. The van der Waals surface area contributed by atoms with Crippen molar-refractivity contribution < 1.29 is 13.8 Å². The fourth-order valence-corrected chi connectivity index (χ4v) is 2.80. The van der Waals surface area contributed by atoms with Crippen LogP contribution in [-0.2, 0) is 18.3 Å². The van der Waals surface area contributed by atoms with E-state index in [4.69, 9.17) is 0 Å². The fraction of sp³-hybridized carbons (Fsp3) is 0.111. The third kappa shape index (κ3) is 3.89. The number of fused-ring (bicyclic) bond motifs is 1. The number of anilines is 1. The third-order valence-electron chi connectivity index (χ3n) is 4.15. The lowest BCUT2D eigenvalue weighted by molar-refractivity contribution is -0.174. The zero-order valence-corrected chi connectivity index (χ0v) is 15.1. The van der Waals surface area contributed by atoms with Gasteiger partial charge in [-0.1, -0.05) is 21.1 Å². The maximum atomic E-state index is 13.4. The summed E-state index contributed by atoms with van der Waals surface area (Å²) >= 11 is 0. The molecule has 1 aromatic carbocycles. The number of pyridine rings is 1. The normalized spacial score (nSPS) is 11.2. The Labute approximate surface area is 163 Å². The van der Waals surface area contributed by atoms with Crippen molar-refractivity contribution in [2.24, 2.45) is 7.05 Å². The lowest BCUT2D eigenvalue weighted by Crippen LogP contribution is -2.40. The van der Waals surface area contributed by atoms with Crippen molar-refractivity contribution in [2.75, 3.05) is 5.01 Å². The van der Waals surface area contributed by atoms with E-state index in [1.807, 2.05) is 6.07 Å². The van der Waals surface area contributed by atoms with E-state index in [1.54, 1.807) is 54.6 Å². The minimum absolute atomic E-state index is 0.0768. The first kappa shape index (κ1) is 18.5. The van der Waals surface area contributed by atoms with Gasteiger partial charge in [0.25, 0.3) is 11.9 Å². The van der Waals surface area contributed by atoms with Gasteiger partial charge in [-0.2, -0.15) is 5.10 Å². The molecule has 1 amide bonds. The minimum atomic E-state index is -1.36. The van der Waals surface area contributed by atoms with Crippen LogP contribution in [0.4, 0.5) is 14.9 Å². The summed E-state index contributed by atoms with van der Waals surface area (Å²) in [5, 5.41) is 12.4. The molecule has 0 aliphatic heterocycles.